The Hall–Kier alpha value is -0.770. The van der Waals surface area contributed by atoms with Crippen LogP contribution in [0, 0.1) is 5.92 Å². The Kier molecular flexibility index (Phi) is 7.01. The zero-order valence-corrected chi connectivity index (χ0v) is 11.5. The maximum atomic E-state index is 5.38. The maximum absolute atomic E-state index is 5.38. The molecule has 0 aromatic rings. The highest BCUT2D eigenvalue weighted by atomic mass is 16.5. The summed E-state index contributed by atoms with van der Waals surface area (Å²) in [6.07, 6.45) is 4.81. The third kappa shape index (κ3) is 5.39. The van der Waals surface area contributed by atoms with E-state index in [1.165, 1.54) is 19.3 Å². The Morgan fingerprint density at radius 3 is 2.71 bits per heavy atom. The number of rotatable bonds is 5. The Bertz CT molecular complexity index is 225. The molecule has 0 spiro atoms. The second kappa shape index (κ2) is 8.34. The standard InChI is InChI=1S/C13H27N3O/c1-4-8-15-13(14-2)16(3)9-5-12-6-10-17-11-7-12/h12H,4-11H2,1-3H3,(H,14,15). The number of aliphatic imine (C=N–C) groups is 1. The molecule has 0 amide bonds. The van der Waals surface area contributed by atoms with Gasteiger partial charge >= 0.3 is 0 Å². The lowest BCUT2D eigenvalue weighted by Crippen LogP contribution is -2.40. The van der Waals surface area contributed by atoms with E-state index >= 15 is 0 Å². The SMILES string of the molecule is CCCNC(=NC)N(C)CCC1CCOCC1. The van der Waals surface area contributed by atoms with Crippen LogP contribution in [0.25, 0.3) is 0 Å². The molecule has 0 aromatic carbocycles. The first kappa shape index (κ1) is 14.3. The summed E-state index contributed by atoms with van der Waals surface area (Å²) >= 11 is 0. The van der Waals surface area contributed by atoms with Gasteiger partial charge < -0.3 is 15.0 Å². The molecule has 0 atom stereocenters. The molecule has 0 aliphatic carbocycles. The van der Waals surface area contributed by atoms with Crippen molar-refractivity contribution >= 4 is 5.96 Å². The second-order valence-corrected chi connectivity index (χ2v) is 4.74. The number of hydrogen-bond donors (Lipinski definition) is 1. The number of ether oxygens (including phenoxy) is 1. The first-order chi connectivity index (χ1) is 8.27. The van der Waals surface area contributed by atoms with Gasteiger partial charge in [0.2, 0.25) is 0 Å². The van der Waals surface area contributed by atoms with E-state index in [9.17, 15) is 0 Å². The minimum atomic E-state index is 0.829. The van der Waals surface area contributed by atoms with Gasteiger partial charge in [0.25, 0.3) is 0 Å². The summed E-state index contributed by atoms with van der Waals surface area (Å²) in [6.45, 7) is 6.12. The quantitative estimate of drug-likeness (QED) is 0.588. The molecule has 1 rings (SSSR count). The van der Waals surface area contributed by atoms with Crippen LogP contribution in [0.5, 0.6) is 0 Å². The van der Waals surface area contributed by atoms with Gasteiger partial charge in [0, 0.05) is 40.4 Å². The zero-order valence-electron chi connectivity index (χ0n) is 11.5. The Balaban J connectivity index is 2.23. The van der Waals surface area contributed by atoms with Crippen LogP contribution in [-0.2, 0) is 4.74 Å². The van der Waals surface area contributed by atoms with E-state index < -0.39 is 0 Å². The Morgan fingerprint density at radius 1 is 1.41 bits per heavy atom. The van der Waals surface area contributed by atoms with Crippen molar-refractivity contribution in [1.29, 1.82) is 0 Å². The molecule has 0 radical (unpaired) electrons. The summed E-state index contributed by atoms with van der Waals surface area (Å²) in [6, 6.07) is 0. The minimum absolute atomic E-state index is 0.829. The van der Waals surface area contributed by atoms with Crippen molar-refractivity contribution < 1.29 is 4.74 Å². The van der Waals surface area contributed by atoms with Crippen LogP contribution >= 0.6 is 0 Å². The first-order valence-electron chi connectivity index (χ1n) is 6.77. The van der Waals surface area contributed by atoms with Crippen LogP contribution in [0.3, 0.4) is 0 Å². The molecular formula is C13H27N3O. The van der Waals surface area contributed by atoms with Crippen LogP contribution < -0.4 is 5.32 Å². The van der Waals surface area contributed by atoms with Crippen LogP contribution in [0.15, 0.2) is 4.99 Å². The average molecular weight is 241 g/mol. The number of hydrogen-bond acceptors (Lipinski definition) is 2. The van der Waals surface area contributed by atoms with Gasteiger partial charge in [-0.15, -0.1) is 0 Å². The van der Waals surface area contributed by atoms with Gasteiger partial charge in [-0.25, -0.2) is 0 Å². The third-order valence-electron chi connectivity index (χ3n) is 3.32. The van der Waals surface area contributed by atoms with Crippen molar-refractivity contribution in [3.8, 4) is 0 Å². The molecule has 1 aliphatic heterocycles. The lowest BCUT2D eigenvalue weighted by Gasteiger charge is -2.26. The van der Waals surface area contributed by atoms with E-state index in [0.29, 0.717) is 0 Å². The van der Waals surface area contributed by atoms with Crippen molar-refractivity contribution in [2.75, 3.05) is 40.4 Å². The lowest BCUT2D eigenvalue weighted by atomic mass is 9.96. The summed E-state index contributed by atoms with van der Waals surface area (Å²) in [5.41, 5.74) is 0. The predicted octanol–water partition coefficient (Wildman–Crippen LogP) is 1.72. The maximum Gasteiger partial charge on any atom is 0.193 e. The molecule has 0 unspecified atom stereocenters. The average Bonchev–Trinajstić information content (AvgIpc) is 2.38. The summed E-state index contributed by atoms with van der Waals surface area (Å²) in [5, 5.41) is 3.36. The largest absolute Gasteiger partial charge is 0.381 e. The van der Waals surface area contributed by atoms with E-state index in [-0.39, 0.29) is 0 Å². The molecule has 100 valence electrons. The summed E-state index contributed by atoms with van der Waals surface area (Å²) in [5.74, 6) is 1.84. The van der Waals surface area contributed by atoms with Gasteiger partial charge in [-0.3, -0.25) is 4.99 Å². The van der Waals surface area contributed by atoms with Crippen LogP contribution in [0.1, 0.15) is 32.6 Å². The summed E-state index contributed by atoms with van der Waals surface area (Å²) in [7, 11) is 3.97. The predicted molar refractivity (Wildman–Crippen MR) is 72.4 cm³/mol. The third-order valence-corrected chi connectivity index (χ3v) is 3.32. The molecule has 17 heavy (non-hydrogen) atoms. The van der Waals surface area contributed by atoms with E-state index in [1.54, 1.807) is 0 Å². The number of nitrogens with one attached hydrogen (secondary N) is 1. The van der Waals surface area contributed by atoms with E-state index in [4.69, 9.17) is 4.74 Å². The highest BCUT2D eigenvalue weighted by Gasteiger charge is 2.15. The first-order valence-corrected chi connectivity index (χ1v) is 6.77. The minimum Gasteiger partial charge on any atom is -0.381 e. The fourth-order valence-electron chi connectivity index (χ4n) is 2.14. The van der Waals surface area contributed by atoms with Gasteiger partial charge in [0.05, 0.1) is 0 Å². The van der Waals surface area contributed by atoms with Crippen molar-refractivity contribution in [1.82, 2.24) is 10.2 Å². The van der Waals surface area contributed by atoms with E-state index in [2.05, 4.69) is 29.2 Å². The smallest absolute Gasteiger partial charge is 0.193 e. The van der Waals surface area contributed by atoms with Crippen LogP contribution in [0.2, 0.25) is 0 Å². The van der Waals surface area contributed by atoms with Crippen molar-refractivity contribution in [2.45, 2.75) is 32.6 Å². The van der Waals surface area contributed by atoms with Gasteiger partial charge in [0.15, 0.2) is 5.96 Å². The Morgan fingerprint density at radius 2 is 2.12 bits per heavy atom. The number of guanidine groups is 1. The molecule has 4 heteroatoms. The topological polar surface area (TPSA) is 36.9 Å². The molecular weight excluding hydrogens is 214 g/mol. The molecule has 1 fully saturated rings. The van der Waals surface area contributed by atoms with E-state index in [0.717, 1.165) is 44.6 Å². The molecule has 0 saturated carbocycles. The summed E-state index contributed by atoms with van der Waals surface area (Å²) in [4.78, 5) is 6.52. The van der Waals surface area contributed by atoms with Crippen LogP contribution in [0.4, 0.5) is 0 Å². The van der Waals surface area contributed by atoms with E-state index in [1.807, 2.05) is 7.05 Å². The van der Waals surface area contributed by atoms with Crippen molar-refractivity contribution in [3.63, 3.8) is 0 Å². The van der Waals surface area contributed by atoms with Gasteiger partial charge in [-0.05, 0) is 31.6 Å². The zero-order chi connectivity index (χ0) is 12.5. The van der Waals surface area contributed by atoms with Crippen molar-refractivity contribution in [3.05, 3.63) is 0 Å². The number of nitrogens with zero attached hydrogens (tertiary/aromatic N) is 2. The molecule has 1 saturated heterocycles. The van der Waals surface area contributed by atoms with Gasteiger partial charge in [-0.2, -0.15) is 0 Å². The molecule has 1 N–H and O–H groups in total. The van der Waals surface area contributed by atoms with Gasteiger partial charge in [-0.1, -0.05) is 6.92 Å². The van der Waals surface area contributed by atoms with Crippen LogP contribution in [-0.4, -0.2) is 51.3 Å². The molecule has 4 nitrogen and oxygen atoms in total. The fourth-order valence-corrected chi connectivity index (χ4v) is 2.14. The summed E-state index contributed by atoms with van der Waals surface area (Å²) < 4.78 is 5.38. The van der Waals surface area contributed by atoms with Gasteiger partial charge in [0.1, 0.15) is 0 Å². The molecule has 0 aromatic heterocycles. The molecule has 1 heterocycles. The highest BCUT2D eigenvalue weighted by molar-refractivity contribution is 5.79. The Labute approximate surface area is 105 Å². The highest BCUT2D eigenvalue weighted by Crippen LogP contribution is 2.18. The van der Waals surface area contributed by atoms with Crippen molar-refractivity contribution in [2.24, 2.45) is 10.9 Å². The molecule has 1 aliphatic rings. The lowest BCUT2D eigenvalue weighted by molar-refractivity contribution is 0.0625. The monoisotopic (exact) mass is 241 g/mol. The fraction of sp³-hybridized carbons (Fsp3) is 0.923. The normalized spacial score (nSPS) is 18.2. The second-order valence-electron chi connectivity index (χ2n) is 4.74. The molecule has 0 bridgehead atoms.